The largest absolute Gasteiger partial charge is 0.497 e. The van der Waals surface area contributed by atoms with Crippen LogP contribution in [0.5, 0.6) is 11.5 Å². The van der Waals surface area contributed by atoms with Crippen LogP contribution in [0.25, 0.3) is 17.0 Å². The molecule has 1 aliphatic heterocycles. The number of likely N-dealkylation sites (N-methyl/N-ethyl adjacent to an activating group) is 2. The van der Waals surface area contributed by atoms with E-state index in [0.29, 0.717) is 30.5 Å². The number of carbonyl (C=O) groups excluding carboxylic acids is 1. The highest BCUT2D eigenvalue weighted by atomic mass is 32.1. The standard InChI is InChI=1S/C24H25N3O3S/c1-4-27-23(28)22(25(2)24(27)31)15-17-16-26(21-8-6-5-7-20(17)21)13-14-30-19-11-9-18(29-3)10-12-19/h5-12,15-16H,4,13-14H2,1-3H3/b22-15-. The summed E-state index contributed by atoms with van der Waals surface area (Å²) in [5.41, 5.74) is 2.66. The number of carbonyl (C=O) groups is 1. The van der Waals surface area contributed by atoms with Crippen molar-refractivity contribution in [1.29, 1.82) is 0 Å². The van der Waals surface area contributed by atoms with Crippen molar-refractivity contribution in [2.45, 2.75) is 13.5 Å². The molecule has 2 aromatic carbocycles. The minimum atomic E-state index is -0.0605. The molecule has 0 bridgehead atoms. The molecule has 31 heavy (non-hydrogen) atoms. The van der Waals surface area contributed by atoms with Crippen molar-refractivity contribution in [1.82, 2.24) is 14.4 Å². The molecule has 6 nitrogen and oxygen atoms in total. The van der Waals surface area contributed by atoms with E-state index < -0.39 is 0 Å². The van der Waals surface area contributed by atoms with E-state index in [4.69, 9.17) is 21.7 Å². The van der Waals surface area contributed by atoms with Crippen LogP contribution in [-0.4, -0.2) is 52.7 Å². The second-order valence-corrected chi connectivity index (χ2v) is 7.60. The molecule has 7 heteroatoms. The first-order valence-electron chi connectivity index (χ1n) is 10.2. The number of benzene rings is 2. The Morgan fingerprint density at radius 2 is 1.77 bits per heavy atom. The maximum absolute atomic E-state index is 12.8. The molecule has 0 unspecified atom stereocenters. The minimum Gasteiger partial charge on any atom is -0.497 e. The second-order valence-electron chi connectivity index (χ2n) is 7.24. The molecule has 0 radical (unpaired) electrons. The highest BCUT2D eigenvalue weighted by Gasteiger charge is 2.34. The molecule has 3 aromatic rings. The van der Waals surface area contributed by atoms with Crippen molar-refractivity contribution in [2.75, 3.05) is 27.3 Å². The monoisotopic (exact) mass is 435 g/mol. The molecule has 1 amide bonds. The molecule has 0 N–H and O–H groups in total. The van der Waals surface area contributed by atoms with Crippen LogP contribution < -0.4 is 9.47 Å². The first kappa shape index (κ1) is 20.9. The van der Waals surface area contributed by atoms with Gasteiger partial charge in [-0.1, -0.05) is 18.2 Å². The lowest BCUT2D eigenvalue weighted by molar-refractivity contribution is -0.122. The predicted octanol–water partition coefficient (Wildman–Crippen LogP) is 4.15. The van der Waals surface area contributed by atoms with Crippen molar-refractivity contribution in [3.05, 3.63) is 66.0 Å². The summed E-state index contributed by atoms with van der Waals surface area (Å²) in [7, 11) is 3.48. The summed E-state index contributed by atoms with van der Waals surface area (Å²) >= 11 is 5.41. The maximum Gasteiger partial charge on any atom is 0.276 e. The Bertz CT molecular complexity index is 1150. The molecule has 1 fully saturated rings. The molecule has 0 spiro atoms. The molecule has 0 atom stereocenters. The summed E-state index contributed by atoms with van der Waals surface area (Å²) in [5.74, 6) is 1.54. The highest BCUT2D eigenvalue weighted by Crippen LogP contribution is 2.27. The number of ether oxygens (including phenoxy) is 2. The molecular weight excluding hydrogens is 410 g/mol. The number of fused-ring (bicyclic) bond motifs is 1. The Kier molecular flexibility index (Phi) is 5.95. The smallest absolute Gasteiger partial charge is 0.276 e. The van der Waals surface area contributed by atoms with Gasteiger partial charge in [-0.05, 0) is 55.5 Å². The van der Waals surface area contributed by atoms with Crippen LogP contribution in [0.4, 0.5) is 0 Å². The van der Waals surface area contributed by atoms with Crippen molar-refractivity contribution in [3.63, 3.8) is 0 Å². The Labute approximate surface area is 187 Å². The van der Waals surface area contributed by atoms with Crippen LogP contribution in [0.1, 0.15) is 12.5 Å². The number of rotatable bonds is 7. The van der Waals surface area contributed by atoms with Gasteiger partial charge in [-0.2, -0.15) is 0 Å². The Morgan fingerprint density at radius 3 is 2.45 bits per heavy atom. The number of para-hydroxylation sites is 1. The molecule has 0 saturated carbocycles. The van der Waals surface area contributed by atoms with Crippen LogP contribution in [0.3, 0.4) is 0 Å². The van der Waals surface area contributed by atoms with Crippen LogP contribution in [0.15, 0.2) is 60.4 Å². The molecule has 1 aromatic heterocycles. The van der Waals surface area contributed by atoms with Gasteiger partial charge in [0.05, 0.1) is 13.7 Å². The van der Waals surface area contributed by atoms with E-state index in [1.54, 1.807) is 16.9 Å². The first-order chi connectivity index (χ1) is 15.0. The number of thiocarbonyl (C=S) groups is 1. The van der Waals surface area contributed by atoms with Crippen LogP contribution in [-0.2, 0) is 11.3 Å². The van der Waals surface area contributed by atoms with Gasteiger partial charge >= 0.3 is 0 Å². The quantitative estimate of drug-likeness (QED) is 0.412. The average Bonchev–Trinajstić information content (AvgIpc) is 3.24. The zero-order valence-corrected chi connectivity index (χ0v) is 18.7. The van der Waals surface area contributed by atoms with Gasteiger partial charge < -0.3 is 18.9 Å². The molecule has 4 rings (SSSR count). The van der Waals surface area contributed by atoms with E-state index in [2.05, 4.69) is 22.9 Å². The fourth-order valence-electron chi connectivity index (χ4n) is 3.75. The van der Waals surface area contributed by atoms with Gasteiger partial charge in [0.1, 0.15) is 23.8 Å². The predicted molar refractivity (Wildman–Crippen MR) is 126 cm³/mol. The molecule has 160 valence electrons. The number of hydrogen-bond donors (Lipinski definition) is 0. The van der Waals surface area contributed by atoms with Crippen LogP contribution in [0.2, 0.25) is 0 Å². The maximum atomic E-state index is 12.8. The number of nitrogens with zero attached hydrogens (tertiary/aromatic N) is 3. The van der Waals surface area contributed by atoms with Crippen molar-refractivity contribution in [3.8, 4) is 11.5 Å². The average molecular weight is 436 g/mol. The normalized spacial score (nSPS) is 15.4. The minimum absolute atomic E-state index is 0.0605. The lowest BCUT2D eigenvalue weighted by Crippen LogP contribution is -2.30. The summed E-state index contributed by atoms with van der Waals surface area (Å²) in [6.07, 6.45) is 3.99. The van der Waals surface area contributed by atoms with E-state index in [1.165, 1.54) is 0 Å². The van der Waals surface area contributed by atoms with E-state index in [1.807, 2.05) is 56.4 Å². The van der Waals surface area contributed by atoms with Crippen molar-refractivity contribution < 1.29 is 14.3 Å². The van der Waals surface area contributed by atoms with Gasteiger partial charge in [0, 0.05) is 36.3 Å². The zero-order valence-electron chi connectivity index (χ0n) is 17.9. The first-order valence-corrected chi connectivity index (χ1v) is 10.6. The summed E-state index contributed by atoms with van der Waals surface area (Å²) in [5, 5.41) is 1.62. The summed E-state index contributed by atoms with van der Waals surface area (Å²) in [6.45, 7) is 3.69. The summed E-state index contributed by atoms with van der Waals surface area (Å²) in [6, 6.07) is 15.7. The van der Waals surface area contributed by atoms with E-state index >= 15 is 0 Å². The number of hydrogen-bond acceptors (Lipinski definition) is 4. The summed E-state index contributed by atoms with van der Waals surface area (Å²) < 4.78 is 13.2. The zero-order chi connectivity index (χ0) is 22.0. The Hall–Kier alpha value is -3.32. The lowest BCUT2D eigenvalue weighted by Gasteiger charge is -2.13. The third-order valence-corrected chi connectivity index (χ3v) is 5.93. The Morgan fingerprint density at radius 1 is 1.06 bits per heavy atom. The van der Waals surface area contributed by atoms with Crippen molar-refractivity contribution >= 4 is 40.2 Å². The number of amides is 1. The fourth-order valence-corrected chi connectivity index (χ4v) is 4.06. The topological polar surface area (TPSA) is 46.9 Å². The number of methoxy groups -OCH3 is 1. The second kappa shape index (κ2) is 8.81. The molecule has 0 aliphatic carbocycles. The molecular formula is C24H25N3O3S. The van der Waals surface area contributed by atoms with Crippen molar-refractivity contribution in [2.24, 2.45) is 0 Å². The van der Waals surface area contributed by atoms with E-state index in [9.17, 15) is 4.79 Å². The molecule has 1 aliphatic rings. The van der Waals surface area contributed by atoms with Crippen LogP contribution >= 0.6 is 12.2 Å². The highest BCUT2D eigenvalue weighted by molar-refractivity contribution is 7.80. The van der Waals surface area contributed by atoms with E-state index in [-0.39, 0.29) is 5.91 Å². The van der Waals surface area contributed by atoms with Gasteiger partial charge in [-0.15, -0.1) is 0 Å². The molecule has 2 heterocycles. The van der Waals surface area contributed by atoms with Crippen LogP contribution in [0, 0.1) is 0 Å². The number of aromatic nitrogens is 1. The lowest BCUT2D eigenvalue weighted by atomic mass is 10.1. The van der Waals surface area contributed by atoms with Gasteiger partial charge in [0.25, 0.3) is 5.91 Å². The van der Waals surface area contributed by atoms with Gasteiger partial charge in [0.15, 0.2) is 5.11 Å². The van der Waals surface area contributed by atoms with Gasteiger partial charge in [-0.3, -0.25) is 9.69 Å². The molecule has 1 saturated heterocycles. The van der Waals surface area contributed by atoms with E-state index in [0.717, 1.165) is 28.0 Å². The third-order valence-electron chi connectivity index (χ3n) is 5.43. The summed E-state index contributed by atoms with van der Waals surface area (Å²) in [4.78, 5) is 16.2. The SMILES string of the molecule is CCN1C(=O)/C(=C/c2cn(CCOc3ccc(OC)cc3)c3ccccc23)N(C)C1=S. The van der Waals surface area contributed by atoms with Gasteiger partial charge in [-0.25, -0.2) is 0 Å². The van der Waals surface area contributed by atoms with Gasteiger partial charge in [0.2, 0.25) is 0 Å². The Balaban J connectivity index is 1.57. The fraction of sp³-hybridized carbons (Fsp3) is 0.250. The third kappa shape index (κ3) is 4.01.